The van der Waals surface area contributed by atoms with Gasteiger partial charge in [-0.1, -0.05) is 19.4 Å². The van der Waals surface area contributed by atoms with Gasteiger partial charge in [0.1, 0.15) is 11.5 Å². The van der Waals surface area contributed by atoms with Crippen molar-refractivity contribution in [1.29, 1.82) is 0 Å². The average Bonchev–Trinajstić information content (AvgIpc) is 3.34. The summed E-state index contributed by atoms with van der Waals surface area (Å²) < 4.78 is 16.0. The number of carbonyl (C=O) groups is 2. The number of rotatable bonds is 6. The lowest BCUT2D eigenvalue weighted by Gasteiger charge is -2.25. The molecule has 0 bridgehead atoms. The summed E-state index contributed by atoms with van der Waals surface area (Å²) in [5.74, 6) is 0.278. The Morgan fingerprint density at radius 3 is 2.57 bits per heavy atom. The third-order valence-electron chi connectivity index (χ3n) is 5.37. The van der Waals surface area contributed by atoms with Crippen LogP contribution in [0.1, 0.15) is 36.9 Å². The Hall–Kier alpha value is -3.48. The number of unbranched alkanes of at least 4 members (excludes halogenated alkanes) is 1. The minimum Gasteiger partial charge on any atom is -0.507 e. The second kappa shape index (κ2) is 8.10. The topological polar surface area (TPSA) is 85.3 Å². The van der Waals surface area contributed by atoms with Crippen LogP contribution in [-0.2, 0) is 9.59 Å². The monoisotopic (exact) mass is 409 g/mol. The van der Waals surface area contributed by atoms with Gasteiger partial charge in [-0.3, -0.25) is 9.59 Å². The predicted octanol–water partition coefficient (Wildman–Crippen LogP) is 3.65. The Morgan fingerprint density at radius 2 is 1.87 bits per heavy atom. The molecular weight excluding hydrogens is 386 g/mol. The molecule has 0 saturated carbocycles. The Balaban J connectivity index is 1.83. The summed E-state index contributed by atoms with van der Waals surface area (Å²) in [6.45, 7) is 2.56. The molecule has 7 nitrogen and oxygen atoms in total. The number of aliphatic hydroxyl groups is 1. The molecule has 1 saturated heterocycles. The van der Waals surface area contributed by atoms with Crippen LogP contribution in [0.3, 0.4) is 0 Å². The summed E-state index contributed by atoms with van der Waals surface area (Å²) in [5.41, 5.74) is 1.19. The minimum absolute atomic E-state index is 0.0696. The number of amides is 1. The Morgan fingerprint density at radius 1 is 1.13 bits per heavy atom. The largest absolute Gasteiger partial charge is 0.507 e. The number of Topliss-reactive ketones (excluding diaryl/α,β-unsaturated/α-hetero) is 1. The fourth-order valence-electron chi connectivity index (χ4n) is 3.77. The summed E-state index contributed by atoms with van der Waals surface area (Å²) in [6, 6.07) is 11.3. The molecule has 0 radical (unpaired) electrons. The van der Waals surface area contributed by atoms with Crippen molar-refractivity contribution in [2.24, 2.45) is 0 Å². The van der Waals surface area contributed by atoms with E-state index >= 15 is 0 Å². The number of likely N-dealkylation sites (tertiary alicyclic amines) is 1. The van der Waals surface area contributed by atoms with E-state index in [1.54, 1.807) is 49.6 Å². The molecule has 2 aromatic carbocycles. The van der Waals surface area contributed by atoms with Gasteiger partial charge in [0.15, 0.2) is 11.5 Å². The van der Waals surface area contributed by atoms with Gasteiger partial charge >= 0.3 is 0 Å². The SMILES string of the molecule is CCCCN1C(=O)C(=O)C(=C(O)c2ccc(OC)cc2)C1c1ccc2c(c1)OCO2. The summed E-state index contributed by atoms with van der Waals surface area (Å²) in [6.07, 6.45) is 1.62. The van der Waals surface area contributed by atoms with Crippen LogP contribution in [0.25, 0.3) is 5.76 Å². The van der Waals surface area contributed by atoms with E-state index in [9.17, 15) is 14.7 Å². The average molecular weight is 409 g/mol. The standard InChI is InChI=1S/C23H23NO6/c1-3-4-11-24-20(15-7-10-17-18(12-15)30-13-29-17)19(22(26)23(24)27)21(25)14-5-8-16(28-2)9-6-14/h5-10,12,20,25H,3-4,11,13H2,1-2H3. The van der Waals surface area contributed by atoms with E-state index in [2.05, 4.69) is 0 Å². The Labute approximate surface area is 174 Å². The van der Waals surface area contributed by atoms with E-state index in [0.29, 0.717) is 34.9 Å². The van der Waals surface area contributed by atoms with Crippen LogP contribution in [0.5, 0.6) is 17.2 Å². The molecule has 1 unspecified atom stereocenters. The number of ketones is 1. The van der Waals surface area contributed by atoms with Crippen LogP contribution >= 0.6 is 0 Å². The Kier molecular flexibility index (Phi) is 5.35. The second-order valence-electron chi connectivity index (χ2n) is 7.19. The summed E-state index contributed by atoms with van der Waals surface area (Å²) in [4.78, 5) is 27.3. The first-order valence-corrected chi connectivity index (χ1v) is 9.87. The maximum atomic E-state index is 12.9. The number of carbonyl (C=O) groups excluding carboxylic acids is 2. The molecule has 2 aliphatic heterocycles. The predicted molar refractivity (Wildman–Crippen MR) is 109 cm³/mol. The molecule has 2 aromatic rings. The number of fused-ring (bicyclic) bond motifs is 1. The minimum atomic E-state index is -0.701. The van der Waals surface area contributed by atoms with Crippen molar-refractivity contribution in [3.63, 3.8) is 0 Å². The quantitative estimate of drug-likeness (QED) is 0.445. The third kappa shape index (κ3) is 3.36. The molecule has 7 heteroatoms. The molecule has 0 spiro atoms. The van der Waals surface area contributed by atoms with Crippen LogP contribution in [0.2, 0.25) is 0 Å². The third-order valence-corrected chi connectivity index (χ3v) is 5.37. The van der Waals surface area contributed by atoms with Crippen LogP contribution in [0.4, 0.5) is 0 Å². The van der Waals surface area contributed by atoms with Crippen molar-refractivity contribution in [2.75, 3.05) is 20.4 Å². The number of methoxy groups -OCH3 is 1. The van der Waals surface area contributed by atoms with Crippen molar-refractivity contribution in [3.8, 4) is 17.2 Å². The van der Waals surface area contributed by atoms with Crippen LogP contribution in [-0.4, -0.2) is 42.1 Å². The van der Waals surface area contributed by atoms with E-state index in [1.165, 1.54) is 4.90 Å². The molecule has 2 heterocycles. The highest BCUT2D eigenvalue weighted by Crippen LogP contribution is 2.43. The van der Waals surface area contributed by atoms with Gasteiger partial charge in [0.2, 0.25) is 6.79 Å². The van der Waals surface area contributed by atoms with E-state index in [0.717, 1.165) is 12.8 Å². The highest BCUT2D eigenvalue weighted by molar-refractivity contribution is 6.46. The lowest BCUT2D eigenvalue weighted by atomic mass is 9.95. The van der Waals surface area contributed by atoms with E-state index in [-0.39, 0.29) is 18.1 Å². The van der Waals surface area contributed by atoms with Gasteiger partial charge < -0.3 is 24.2 Å². The van der Waals surface area contributed by atoms with Crippen molar-refractivity contribution >= 4 is 17.4 Å². The molecule has 1 atom stereocenters. The molecule has 156 valence electrons. The molecule has 0 aliphatic carbocycles. The van der Waals surface area contributed by atoms with Gasteiger partial charge in [-0.15, -0.1) is 0 Å². The molecule has 1 N–H and O–H groups in total. The molecule has 0 aromatic heterocycles. The zero-order valence-corrected chi connectivity index (χ0v) is 16.9. The molecule has 1 fully saturated rings. The van der Waals surface area contributed by atoms with E-state index < -0.39 is 17.7 Å². The molecular formula is C23H23NO6. The van der Waals surface area contributed by atoms with Gasteiger partial charge in [-0.25, -0.2) is 0 Å². The van der Waals surface area contributed by atoms with Crippen molar-refractivity contribution in [3.05, 3.63) is 59.2 Å². The smallest absolute Gasteiger partial charge is 0.295 e. The van der Waals surface area contributed by atoms with E-state index in [1.807, 2.05) is 6.92 Å². The van der Waals surface area contributed by atoms with Gasteiger partial charge in [-0.2, -0.15) is 0 Å². The van der Waals surface area contributed by atoms with Crippen LogP contribution in [0.15, 0.2) is 48.0 Å². The summed E-state index contributed by atoms with van der Waals surface area (Å²) >= 11 is 0. The maximum Gasteiger partial charge on any atom is 0.295 e. The first-order valence-electron chi connectivity index (χ1n) is 9.87. The summed E-state index contributed by atoms with van der Waals surface area (Å²) in [5, 5.41) is 11.0. The second-order valence-corrected chi connectivity index (χ2v) is 7.19. The van der Waals surface area contributed by atoms with Gasteiger partial charge in [0.05, 0.1) is 18.7 Å². The number of aliphatic hydroxyl groups excluding tert-OH is 1. The van der Waals surface area contributed by atoms with Gasteiger partial charge in [0.25, 0.3) is 11.7 Å². The lowest BCUT2D eigenvalue weighted by Crippen LogP contribution is -2.30. The molecule has 4 rings (SSSR count). The summed E-state index contributed by atoms with van der Waals surface area (Å²) in [7, 11) is 1.55. The first-order chi connectivity index (χ1) is 14.5. The fraction of sp³-hybridized carbons (Fsp3) is 0.304. The van der Waals surface area contributed by atoms with E-state index in [4.69, 9.17) is 14.2 Å². The van der Waals surface area contributed by atoms with Crippen LogP contribution in [0, 0.1) is 0 Å². The van der Waals surface area contributed by atoms with Gasteiger partial charge in [-0.05, 0) is 48.4 Å². The number of nitrogens with zero attached hydrogens (tertiary/aromatic N) is 1. The van der Waals surface area contributed by atoms with Gasteiger partial charge in [0, 0.05) is 12.1 Å². The zero-order valence-electron chi connectivity index (χ0n) is 16.9. The highest BCUT2D eigenvalue weighted by atomic mass is 16.7. The number of hydrogen-bond donors (Lipinski definition) is 1. The lowest BCUT2D eigenvalue weighted by molar-refractivity contribution is -0.139. The number of ether oxygens (including phenoxy) is 3. The number of benzene rings is 2. The maximum absolute atomic E-state index is 12.9. The molecule has 2 aliphatic rings. The van der Waals surface area contributed by atoms with Crippen molar-refractivity contribution in [2.45, 2.75) is 25.8 Å². The molecule has 1 amide bonds. The van der Waals surface area contributed by atoms with Crippen molar-refractivity contribution < 1.29 is 28.9 Å². The Bertz CT molecular complexity index is 1010. The highest BCUT2D eigenvalue weighted by Gasteiger charge is 2.46. The van der Waals surface area contributed by atoms with Crippen molar-refractivity contribution in [1.82, 2.24) is 4.90 Å². The first kappa shape index (κ1) is 19.8. The zero-order chi connectivity index (χ0) is 21.3. The number of hydrogen-bond acceptors (Lipinski definition) is 6. The van der Waals surface area contributed by atoms with Crippen LogP contribution < -0.4 is 14.2 Å². The molecule has 30 heavy (non-hydrogen) atoms. The normalized spacial score (nSPS) is 19.4. The fourth-order valence-corrected chi connectivity index (χ4v) is 3.77.